The highest BCUT2D eigenvalue weighted by molar-refractivity contribution is 7.80. The van der Waals surface area contributed by atoms with Crippen LogP contribution in [0.15, 0.2) is 48.5 Å². The Morgan fingerprint density at radius 3 is 1.95 bits per heavy atom. The molecule has 0 amide bonds. The lowest BCUT2D eigenvalue weighted by Gasteiger charge is -2.11. The van der Waals surface area contributed by atoms with Gasteiger partial charge < -0.3 is 0 Å². The molecule has 0 spiro atoms. The normalized spacial score (nSPS) is 12.3. The summed E-state index contributed by atoms with van der Waals surface area (Å²) in [6, 6.07) is 17.6. The van der Waals surface area contributed by atoms with Gasteiger partial charge in [-0.2, -0.15) is 12.6 Å². The minimum atomic E-state index is 0.369. The Morgan fingerprint density at radius 2 is 1.35 bits per heavy atom. The number of hydrogen-bond acceptors (Lipinski definition) is 1. The molecule has 0 aliphatic heterocycles. The van der Waals surface area contributed by atoms with E-state index in [0.717, 1.165) is 6.42 Å². The third-order valence-electron chi connectivity index (χ3n) is 3.78. The average molecular weight is 284 g/mol. The third-order valence-corrected chi connectivity index (χ3v) is 4.33. The van der Waals surface area contributed by atoms with E-state index < -0.39 is 0 Å². The molecule has 0 saturated heterocycles. The fourth-order valence-corrected chi connectivity index (χ4v) is 2.73. The van der Waals surface area contributed by atoms with Gasteiger partial charge in [-0.15, -0.1) is 0 Å². The largest absolute Gasteiger partial charge is 0.171 e. The molecule has 0 aromatic heterocycles. The standard InChI is InChI=1S/C19H24S/c1-15-7-11-17(12-8-15)5-3-4-6-19(20)18-13-9-16(2)10-14-18/h7-14,19-20H,3-6H2,1-2H3. The molecule has 106 valence electrons. The summed E-state index contributed by atoms with van der Waals surface area (Å²) in [4.78, 5) is 0. The summed E-state index contributed by atoms with van der Waals surface area (Å²) >= 11 is 4.73. The molecule has 0 aliphatic rings. The Balaban J connectivity index is 1.72. The summed E-state index contributed by atoms with van der Waals surface area (Å²) in [7, 11) is 0. The Labute approximate surface area is 128 Å². The van der Waals surface area contributed by atoms with Crippen molar-refractivity contribution in [1.82, 2.24) is 0 Å². The van der Waals surface area contributed by atoms with Crippen LogP contribution in [0.25, 0.3) is 0 Å². The van der Waals surface area contributed by atoms with Gasteiger partial charge in [0.15, 0.2) is 0 Å². The van der Waals surface area contributed by atoms with Gasteiger partial charge in [-0.3, -0.25) is 0 Å². The van der Waals surface area contributed by atoms with Gasteiger partial charge in [0.05, 0.1) is 0 Å². The van der Waals surface area contributed by atoms with Crippen LogP contribution in [0.1, 0.15) is 46.8 Å². The first-order valence-electron chi connectivity index (χ1n) is 7.45. The molecule has 20 heavy (non-hydrogen) atoms. The summed E-state index contributed by atoms with van der Waals surface area (Å²) < 4.78 is 0. The zero-order valence-electron chi connectivity index (χ0n) is 12.5. The van der Waals surface area contributed by atoms with Crippen LogP contribution in [-0.2, 0) is 6.42 Å². The number of benzene rings is 2. The molecule has 2 aromatic carbocycles. The number of aryl methyl sites for hydroxylation is 3. The summed E-state index contributed by atoms with van der Waals surface area (Å²) in [5.41, 5.74) is 5.44. The summed E-state index contributed by atoms with van der Waals surface area (Å²) in [5.74, 6) is 0. The molecular formula is C19H24S. The van der Waals surface area contributed by atoms with E-state index in [4.69, 9.17) is 12.6 Å². The Hall–Kier alpha value is -1.21. The minimum Gasteiger partial charge on any atom is -0.171 e. The molecule has 1 atom stereocenters. The van der Waals surface area contributed by atoms with Crippen molar-refractivity contribution in [3.8, 4) is 0 Å². The van der Waals surface area contributed by atoms with Crippen LogP contribution < -0.4 is 0 Å². The fraction of sp³-hybridized carbons (Fsp3) is 0.368. The molecule has 2 aromatic rings. The smallest absolute Gasteiger partial charge is 0.0267 e. The second-order valence-electron chi connectivity index (χ2n) is 5.66. The molecule has 0 heterocycles. The number of rotatable bonds is 6. The van der Waals surface area contributed by atoms with Crippen LogP contribution in [0.4, 0.5) is 0 Å². The zero-order valence-corrected chi connectivity index (χ0v) is 13.4. The van der Waals surface area contributed by atoms with Crippen molar-refractivity contribution >= 4 is 12.6 Å². The van der Waals surface area contributed by atoms with Crippen LogP contribution in [-0.4, -0.2) is 0 Å². The van der Waals surface area contributed by atoms with Crippen LogP contribution in [0, 0.1) is 13.8 Å². The van der Waals surface area contributed by atoms with E-state index in [-0.39, 0.29) is 0 Å². The van der Waals surface area contributed by atoms with Crippen LogP contribution >= 0.6 is 12.6 Å². The lowest BCUT2D eigenvalue weighted by molar-refractivity contribution is 0.672. The predicted octanol–water partition coefficient (Wildman–Crippen LogP) is 5.69. The highest BCUT2D eigenvalue weighted by Crippen LogP contribution is 2.26. The molecule has 1 heteroatoms. The Morgan fingerprint density at radius 1 is 0.800 bits per heavy atom. The topological polar surface area (TPSA) is 0 Å². The summed E-state index contributed by atoms with van der Waals surface area (Å²) in [5, 5.41) is 0.369. The van der Waals surface area contributed by atoms with Gasteiger partial charge in [-0.1, -0.05) is 66.1 Å². The molecule has 1 unspecified atom stereocenters. The zero-order chi connectivity index (χ0) is 14.4. The van der Waals surface area contributed by atoms with E-state index in [0.29, 0.717) is 5.25 Å². The molecule has 0 fully saturated rings. The van der Waals surface area contributed by atoms with Gasteiger partial charge in [0.25, 0.3) is 0 Å². The average Bonchev–Trinajstić information content (AvgIpc) is 2.46. The first kappa shape index (κ1) is 15.2. The molecule has 0 nitrogen and oxygen atoms in total. The van der Waals surface area contributed by atoms with Crippen LogP contribution in [0.2, 0.25) is 0 Å². The van der Waals surface area contributed by atoms with E-state index in [1.807, 2.05) is 0 Å². The first-order valence-corrected chi connectivity index (χ1v) is 7.97. The third kappa shape index (κ3) is 4.72. The van der Waals surface area contributed by atoms with E-state index >= 15 is 0 Å². The predicted molar refractivity (Wildman–Crippen MR) is 91.6 cm³/mol. The van der Waals surface area contributed by atoms with Gasteiger partial charge in [-0.25, -0.2) is 0 Å². The van der Waals surface area contributed by atoms with Crippen molar-refractivity contribution in [2.45, 2.75) is 44.8 Å². The lowest BCUT2D eigenvalue weighted by atomic mass is 10.0. The fourth-order valence-electron chi connectivity index (χ4n) is 2.38. The van der Waals surface area contributed by atoms with Crippen molar-refractivity contribution in [3.05, 3.63) is 70.8 Å². The first-order chi connectivity index (χ1) is 9.65. The molecule has 2 rings (SSSR count). The molecule has 0 radical (unpaired) electrons. The van der Waals surface area contributed by atoms with E-state index in [1.54, 1.807) is 0 Å². The van der Waals surface area contributed by atoms with E-state index in [2.05, 4.69) is 62.4 Å². The van der Waals surface area contributed by atoms with E-state index in [9.17, 15) is 0 Å². The van der Waals surface area contributed by atoms with Gasteiger partial charge >= 0.3 is 0 Å². The van der Waals surface area contributed by atoms with Crippen LogP contribution in [0.5, 0.6) is 0 Å². The maximum absolute atomic E-state index is 4.73. The maximum Gasteiger partial charge on any atom is 0.0267 e. The highest BCUT2D eigenvalue weighted by Gasteiger charge is 2.05. The quantitative estimate of drug-likeness (QED) is 0.511. The van der Waals surface area contributed by atoms with Gasteiger partial charge in [-0.05, 0) is 44.2 Å². The highest BCUT2D eigenvalue weighted by atomic mass is 32.1. The molecule has 0 aliphatic carbocycles. The van der Waals surface area contributed by atoms with Gasteiger partial charge in [0, 0.05) is 5.25 Å². The SMILES string of the molecule is Cc1ccc(CCCCC(S)c2ccc(C)cc2)cc1. The van der Waals surface area contributed by atoms with Crippen LogP contribution in [0.3, 0.4) is 0 Å². The van der Waals surface area contributed by atoms with Crippen molar-refractivity contribution in [3.63, 3.8) is 0 Å². The van der Waals surface area contributed by atoms with Crippen molar-refractivity contribution in [2.24, 2.45) is 0 Å². The molecular weight excluding hydrogens is 260 g/mol. The second-order valence-corrected chi connectivity index (χ2v) is 6.28. The number of unbranched alkanes of at least 4 members (excludes halogenated alkanes) is 1. The van der Waals surface area contributed by atoms with Crippen molar-refractivity contribution in [2.75, 3.05) is 0 Å². The Bertz CT molecular complexity index is 510. The number of thiol groups is 1. The summed E-state index contributed by atoms with van der Waals surface area (Å²) in [6.07, 6.45) is 4.80. The second kappa shape index (κ2) is 7.54. The van der Waals surface area contributed by atoms with E-state index in [1.165, 1.54) is 41.5 Å². The van der Waals surface area contributed by atoms with Crippen molar-refractivity contribution in [1.29, 1.82) is 0 Å². The Kier molecular flexibility index (Phi) is 5.72. The molecule has 0 bridgehead atoms. The molecule has 0 N–H and O–H groups in total. The summed E-state index contributed by atoms with van der Waals surface area (Å²) in [6.45, 7) is 4.26. The molecule has 0 saturated carbocycles. The van der Waals surface area contributed by atoms with Gasteiger partial charge in [0.1, 0.15) is 0 Å². The maximum atomic E-state index is 4.73. The van der Waals surface area contributed by atoms with Crippen molar-refractivity contribution < 1.29 is 0 Å². The lowest BCUT2D eigenvalue weighted by Crippen LogP contribution is -1.93. The minimum absolute atomic E-state index is 0.369. The monoisotopic (exact) mass is 284 g/mol. The van der Waals surface area contributed by atoms with Gasteiger partial charge in [0.2, 0.25) is 0 Å². The number of hydrogen-bond donors (Lipinski definition) is 1.